The van der Waals surface area contributed by atoms with Gasteiger partial charge in [-0.15, -0.1) is 0 Å². The number of nitrogens with two attached hydrogens (primary N) is 1. The number of nitrogens with one attached hydrogen (secondary N) is 1. The second kappa shape index (κ2) is 8.98. The number of anilines is 4. The van der Waals surface area contributed by atoms with Crippen LogP contribution in [-0.4, -0.2) is 66.7 Å². The van der Waals surface area contributed by atoms with Crippen molar-refractivity contribution in [2.24, 2.45) is 0 Å². The Morgan fingerprint density at radius 3 is 2.56 bits per heavy atom. The van der Waals surface area contributed by atoms with E-state index in [2.05, 4.69) is 68.2 Å². The summed E-state index contributed by atoms with van der Waals surface area (Å²) in [6, 6.07) is 14.9. The van der Waals surface area contributed by atoms with Gasteiger partial charge in [-0.2, -0.15) is 9.97 Å². The summed E-state index contributed by atoms with van der Waals surface area (Å²) in [6.45, 7) is 6.91. The Hall–Kier alpha value is -3.85. The summed E-state index contributed by atoms with van der Waals surface area (Å²) in [5.41, 5.74) is 11.6. The molecule has 1 aromatic heterocycles. The fourth-order valence-electron chi connectivity index (χ4n) is 5.27. The van der Waals surface area contributed by atoms with Crippen molar-refractivity contribution < 1.29 is 9.53 Å². The molecule has 9 nitrogen and oxygen atoms in total. The number of hydrogen-bond acceptors (Lipinski definition) is 8. The number of ether oxygens (including phenoxy) is 1. The maximum Gasteiger partial charge on any atom is 0.262 e. The highest BCUT2D eigenvalue weighted by Gasteiger charge is 2.26. The first kappa shape index (κ1) is 22.6. The molecule has 6 rings (SSSR count). The zero-order chi connectivity index (χ0) is 24.8. The zero-order valence-corrected chi connectivity index (χ0v) is 20.7. The van der Waals surface area contributed by atoms with Crippen molar-refractivity contribution in [3.05, 3.63) is 53.6 Å². The highest BCUT2D eigenvalue weighted by molar-refractivity contribution is 5.96. The largest absolute Gasteiger partial charge is 0.482 e. The third-order valence-corrected chi connectivity index (χ3v) is 7.38. The van der Waals surface area contributed by atoms with Crippen molar-refractivity contribution >= 4 is 29.2 Å². The van der Waals surface area contributed by atoms with E-state index in [0.29, 0.717) is 17.4 Å². The Labute approximate surface area is 210 Å². The normalized spacial score (nSPS) is 19.8. The maximum absolute atomic E-state index is 11.8. The molecule has 3 aliphatic heterocycles. The van der Waals surface area contributed by atoms with Crippen LogP contribution in [0.3, 0.4) is 0 Å². The number of piperazine rings is 1. The van der Waals surface area contributed by atoms with Crippen LogP contribution in [0.1, 0.15) is 18.1 Å². The van der Waals surface area contributed by atoms with Crippen molar-refractivity contribution in [3.8, 4) is 16.9 Å². The lowest BCUT2D eigenvalue weighted by Gasteiger charge is -2.37. The number of benzene rings is 2. The molecule has 3 aliphatic rings. The van der Waals surface area contributed by atoms with Gasteiger partial charge in [0.25, 0.3) is 5.91 Å². The van der Waals surface area contributed by atoms with Crippen molar-refractivity contribution in [2.45, 2.75) is 25.9 Å². The third kappa shape index (κ3) is 4.30. The quantitative estimate of drug-likeness (QED) is 0.584. The minimum atomic E-state index is -0.130. The van der Waals surface area contributed by atoms with E-state index in [9.17, 15) is 4.79 Å². The summed E-state index contributed by atoms with van der Waals surface area (Å²) in [6.07, 6.45) is 0.928. The topological polar surface area (TPSA) is 99.9 Å². The van der Waals surface area contributed by atoms with Gasteiger partial charge in [-0.3, -0.25) is 4.79 Å². The van der Waals surface area contributed by atoms with E-state index < -0.39 is 0 Å². The Morgan fingerprint density at radius 1 is 0.972 bits per heavy atom. The van der Waals surface area contributed by atoms with Gasteiger partial charge in [0.2, 0.25) is 5.95 Å². The minimum Gasteiger partial charge on any atom is -0.482 e. The first-order chi connectivity index (χ1) is 17.4. The van der Waals surface area contributed by atoms with Gasteiger partial charge in [-0.05, 0) is 60.8 Å². The molecular weight excluding hydrogens is 454 g/mol. The molecule has 1 amide bonds. The van der Waals surface area contributed by atoms with Gasteiger partial charge in [0, 0.05) is 44.8 Å². The molecule has 0 radical (unpaired) electrons. The van der Waals surface area contributed by atoms with Crippen LogP contribution in [0.25, 0.3) is 11.1 Å². The van der Waals surface area contributed by atoms with Crippen LogP contribution >= 0.6 is 0 Å². The van der Waals surface area contributed by atoms with Gasteiger partial charge in [0.05, 0.1) is 5.69 Å². The van der Waals surface area contributed by atoms with Crippen LogP contribution in [0, 0.1) is 0 Å². The molecule has 1 unspecified atom stereocenters. The molecule has 0 spiro atoms. The SMILES string of the molecule is CC1Cc2ccc(-c3ccc4c(c3)NC(=O)CO4)cc2CN1c1cc(N2CCN(C)CC2)nc(N)n1. The molecule has 0 bridgehead atoms. The molecule has 186 valence electrons. The standard InChI is InChI=1S/C27H31N7O2/c1-17-11-18-3-4-19(20-5-6-23-22(13-20)29-26(35)16-36-23)12-21(18)15-34(17)25-14-24(30-27(28)31-25)33-9-7-32(2)8-10-33/h3-6,12-14,17H,7-11,15-16H2,1-2H3,(H,29,35)(H2,28,30,31). The molecule has 4 heterocycles. The van der Waals surface area contributed by atoms with Gasteiger partial charge in [0.1, 0.15) is 17.4 Å². The molecule has 1 fully saturated rings. The monoisotopic (exact) mass is 485 g/mol. The Morgan fingerprint density at radius 2 is 1.72 bits per heavy atom. The number of carbonyl (C=O) groups excluding carboxylic acids is 1. The predicted octanol–water partition coefficient (Wildman–Crippen LogP) is 2.76. The summed E-state index contributed by atoms with van der Waals surface area (Å²) in [5, 5.41) is 2.90. The average molecular weight is 486 g/mol. The number of amides is 1. The number of likely N-dealkylation sites (N-methyl/N-ethyl adjacent to an activating group) is 1. The summed E-state index contributed by atoms with van der Waals surface area (Å²) >= 11 is 0. The second-order valence-electron chi connectivity index (χ2n) is 9.95. The molecule has 1 atom stereocenters. The molecule has 3 N–H and O–H groups in total. The number of nitrogen functional groups attached to an aromatic ring is 1. The zero-order valence-electron chi connectivity index (χ0n) is 20.7. The van der Waals surface area contributed by atoms with Gasteiger partial charge < -0.3 is 30.5 Å². The van der Waals surface area contributed by atoms with Crippen LogP contribution in [0.4, 0.5) is 23.3 Å². The third-order valence-electron chi connectivity index (χ3n) is 7.38. The number of aromatic nitrogens is 2. The smallest absolute Gasteiger partial charge is 0.262 e. The summed E-state index contributed by atoms with van der Waals surface area (Å²) in [5.74, 6) is 2.65. The highest BCUT2D eigenvalue weighted by Crippen LogP contribution is 2.35. The van der Waals surface area contributed by atoms with Crippen molar-refractivity contribution in [2.75, 3.05) is 60.7 Å². The van der Waals surface area contributed by atoms with Crippen molar-refractivity contribution in [1.82, 2.24) is 14.9 Å². The Balaban J connectivity index is 1.28. The summed E-state index contributed by atoms with van der Waals surface area (Å²) in [7, 11) is 2.15. The van der Waals surface area contributed by atoms with Crippen molar-refractivity contribution in [3.63, 3.8) is 0 Å². The Kier molecular flexibility index (Phi) is 5.64. The second-order valence-corrected chi connectivity index (χ2v) is 9.95. The van der Waals surface area contributed by atoms with Gasteiger partial charge in [-0.1, -0.05) is 18.2 Å². The van der Waals surface area contributed by atoms with E-state index in [1.165, 1.54) is 11.1 Å². The number of nitrogens with zero attached hydrogens (tertiary/aromatic N) is 5. The fraction of sp³-hybridized carbons (Fsp3) is 0.370. The molecule has 0 saturated carbocycles. The number of fused-ring (bicyclic) bond motifs is 2. The van der Waals surface area contributed by atoms with E-state index in [-0.39, 0.29) is 18.6 Å². The van der Waals surface area contributed by atoms with Gasteiger partial charge in [-0.25, -0.2) is 0 Å². The van der Waals surface area contributed by atoms with E-state index in [1.54, 1.807) is 0 Å². The van der Waals surface area contributed by atoms with Crippen LogP contribution in [0.2, 0.25) is 0 Å². The summed E-state index contributed by atoms with van der Waals surface area (Å²) in [4.78, 5) is 27.9. The average Bonchev–Trinajstić information content (AvgIpc) is 2.87. The van der Waals surface area contributed by atoms with Gasteiger partial charge in [0.15, 0.2) is 6.61 Å². The fourth-order valence-corrected chi connectivity index (χ4v) is 5.27. The van der Waals surface area contributed by atoms with Crippen LogP contribution in [0.15, 0.2) is 42.5 Å². The Bertz CT molecular complexity index is 1320. The molecular formula is C27H31N7O2. The molecule has 0 aliphatic carbocycles. The van der Waals surface area contributed by atoms with Crippen LogP contribution < -0.4 is 25.6 Å². The highest BCUT2D eigenvalue weighted by atomic mass is 16.5. The van der Waals surface area contributed by atoms with Crippen molar-refractivity contribution in [1.29, 1.82) is 0 Å². The van der Waals surface area contributed by atoms with E-state index in [0.717, 1.165) is 61.9 Å². The first-order valence-corrected chi connectivity index (χ1v) is 12.5. The lowest BCUT2D eigenvalue weighted by molar-refractivity contribution is -0.118. The number of rotatable bonds is 3. The molecule has 2 aromatic carbocycles. The molecule has 36 heavy (non-hydrogen) atoms. The van der Waals surface area contributed by atoms with E-state index in [1.807, 2.05) is 18.2 Å². The van der Waals surface area contributed by atoms with E-state index >= 15 is 0 Å². The minimum absolute atomic E-state index is 0.0588. The lowest BCUT2D eigenvalue weighted by atomic mass is 9.91. The molecule has 1 saturated heterocycles. The van der Waals surface area contributed by atoms with Crippen LogP contribution in [-0.2, 0) is 17.8 Å². The first-order valence-electron chi connectivity index (χ1n) is 12.5. The van der Waals surface area contributed by atoms with Crippen LogP contribution in [0.5, 0.6) is 5.75 Å². The number of carbonyl (C=O) groups is 1. The molecule has 3 aromatic rings. The van der Waals surface area contributed by atoms with E-state index in [4.69, 9.17) is 10.5 Å². The predicted molar refractivity (Wildman–Crippen MR) is 142 cm³/mol. The van der Waals surface area contributed by atoms with Gasteiger partial charge >= 0.3 is 0 Å². The summed E-state index contributed by atoms with van der Waals surface area (Å²) < 4.78 is 5.51. The lowest BCUT2D eigenvalue weighted by Crippen LogP contribution is -2.45. The molecule has 9 heteroatoms. The maximum atomic E-state index is 11.8. The number of hydrogen-bond donors (Lipinski definition) is 2.